The van der Waals surface area contributed by atoms with E-state index in [1.54, 1.807) is 0 Å². The summed E-state index contributed by atoms with van der Waals surface area (Å²) in [6.45, 7) is 4.07. The molecule has 0 aliphatic carbocycles. The van der Waals surface area contributed by atoms with Crippen molar-refractivity contribution in [2.45, 2.75) is 32.4 Å². The first-order chi connectivity index (χ1) is 7.56. The molecule has 16 heavy (non-hydrogen) atoms. The lowest BCUT2D eigenvalue weighted by Crippen LogP contribution is -2.21. The second kappa shape index (κ2) is 4.25. The van der Waals surface area contributed by atoms with Crippen LogP contribution in [0.25, 0.3) is 0 Å². The molecule has 1 aromatic rings. The van der Waals surface area contributed by atoms with E-state index in [4.69, 9.17) is 9.26 Å². The van der Waals surface area contributed by atoms with Crippen molar-refractivity contribution in [1.82, 2.24) is 10.1 Å². The maximum atomic E-state index is 10.9. The highest BCUT2D eigenvalue weighted by Crippen LogP contribution is 2.32. The molecule has 0 spiro atoms. The van der Waals surface area contributed by atoms with Crippen LogP contribution in [0.5, 0.6) is 0 Å². The highest BCUT2D eigenvalue weighted by molar-refractivity contribution is 5.66. The van der Waals surface area contributed by atoms with Crippen molar-refractivity contribution in [3.05, 3.63) is 17.5 Å². The van der Waals surface area contributed by atoms with E-state index in [0.29, 0.717) is 0 Å². The third kappa shape index (κ3) is 2.24. The summed E-state index contributed by atoms with van der Waals surface area (Å²) in [5.41, 5.74) is 0.874. The molecule has 0 aromatic carbocycles. The summed E-state index contributed by atoms with van der Waals surface area (Å²) in [6, 6.07) is 2.09. The smallest absolute Gasteiger partial charge is 0.302 e. The van der Waals surface area contributed by atoms with Crippen LogP contribution in [0.15, 0.2) is 10.6 Å². The van der Waals surface area contributed by atoms with E-state index in [1.165, 1.54) is 6.92 Å². The zero-order chi connectivity index (χ0) is 11.7. The van der Waals surface area contributed by atoms with Gasteiger partial charge in [0.25, 0.3) is 0 Å². The summed E-state index contributed by atoms with van der Waals surface area (Å²) in [4.78, 5) is 13.0. The van der Waals surface area contributed by atoms with Gasteiger partial charge in [0.2, 0.25) is 0 Å². The lowest BCUT2D eigenvalue weighted by atomic mass is 10.1. The van der Waals surface area contributed by atoms with Gasteiger partial charge < -0.3 is 9.26 Å². The molecule has 1 aliphatic heterocycles. The van der Waals surface area contributed by atoms with Crippen LogP contribution in [-0.4, -0.2) is 35.7 Å². The number of hydrogen-bond donors (Lipinski definition) is 0. The molecule has 1 aromatic heterocycles. The van der Waals surface area contributed by atoms with E-state index in [0.717, 1.165) is 24.4 Å². The molecular formula is C11H16N2O3. The van der Waals surface area contributed by atoms with Crippen molar-refractivity contribution in [2.24, 2.45) is 0 Å². The molecule has 2 rings (SSSR count). The van der Waals surface area contributed by atoms with Crippen molar-refractivity contribution in [2.75, 3.05) is 13.6 Å². The fraction of sp³-hybridized carbons (Fsp3) is 0.636. The molecule has 1 saturated heterocycles. The van der Waals surface area contributed by atoms with E-state index in [9.17, 15) is 4.79 Å². The molecule has 0 saturated carbocycles. The average Bonchev–Trinajstić information content (AvgIpc) is 2.72. The van der Waals surface area contributed by atoms with E-state index in [1.807, 2.05) is 20.0 Å². The number of likely N-dealkylation sites (tertiary alicyclic amines) is 1. The maximum Gasteiger partial charge on any atom is 0.302 e. The Hall–Kier alpha value is -1.36. The first kappa shape index (κ1) is 11.1. The van der Waals surface area contributed by atoms with Crippen LogP contribution in [0.1, 0.15) is 30.8 Å². The predicted octanol–water partition coefficient (Wildman–Crippen LogP) is 1.29. The Labute approximate surface area is 94.3 Å². The summed E-state index contributed by atoms with van der Waals surface area (Å²) >= 11 is 0. The number of esters is 1. The van der Waals surface area contributed by atoms with E-state index >= 15 is 0 Å². The zero-order valence-corrected chi connectivity index (χ0v) is 9.77. The van der Waals surface area contributed by atoms with Gasteiger partial charge in [0.15, 0.2) is 5.76 Å². The maximum absolute atomic E-state index is 10.9. The standard InChI is InChI=1S/C11H16N2O3/c1-7-4-11(16-12-7)10-5-9(6-13(10)3)15-8(2)14/h4,9-10H,5-6H2,1-3H3/t9-,10+/m1/s1. The summed E-state index contributed by atoms with van der Waals surface area (Å²) in [6.07, 6.45) is 0.725. The third-order valence-corrected chi connectivity index (χ3v) is 2.82. The SMILES string of the molecule is CC(=O)O[C@@H]1C[C@@H](c2cc(C)no2)N(C)C1. The Morgan fingerprint density at radius 1 is 1.69 bits per heavy atom. The van der Waals surface area contributed by atoms with E-state index in [2.05, 4.69) is 10.1 Å². The van der Waals surface area contributed by atoms with Crippen LogP contribution >= 0.6 is 0 Å². The number of hydrogen-bond acceptors (Lipinski definition) is 5. The molecule has 0 amide bonds. The van der Waals surface area contributed by atoms with Gasteiger partial charge in [-0.3, -0.25) is 9.69 Å². The number of carbonyl (C=O) groups excluding carboxylic acids is 1. The molecule has 5 nitrogen and oxygen atoms in total. The molecular weight excluding hydrogens is 208 g/mol. The number of carbonyl (C=O) groups is 1. The minimum atomic E-state index is -0.229. The Morgan fingerprint density at radius 3 is 3.00 bits per heavy atom. The minimum Gasteiger partial charge on any atom is -0.461 e. The topological polar surface area (TPSA) is 55.6 Å². The van der Waals surface area contributed by atoms with Gasteiger partial charge in [-0.25, -0.2) is 0 Å². The van der Waals surface area contributed by atoms with Crippen LogP contribution in [-0.2, 0) is 9.53 Å². The van der Waals surface area contributed by atoms with Crippen LogP contribution in [0.2, 0.25) is 0 Å². The van der Waals surface area contributed by atoms with Gasteiger partial charge in [-0.1, -0.05) is 5.16 Å². The molecule has 2 heterocycles. The summed E-state index contributed by atoms with van der Waals surface area (Å²) in [5.74, 6) is 0.613. The van der Waals surface area contributed by atoms with Crippen LogP contribution < -0.4 is 0 Å². The van der Waals surface area contributed by atoms with Crippen molar-refractivity contribution in [1.29, 1.82) is 0 Å². The Morgan fingerprint density at radius 2 is 2.44 bits per heavy atom. The molecule has 0 bridgehead atoms. The third-order valence-electron chi connectivity index (χ3n) is 2.82. The van der Waals surface area contributed by atoms with E-state index < -0.39 is 0 Å². The number of ether oxygens (including phenoxy) is 1. The Bertz CT molecular complexity index is 388. The van der Waals surface area contributed by atoms with Gasteiger partial charge in [-0.05, 0) is 14.0 Å². The average molecular weight is 224 g/mol. The molecule has 1 fully saturated rings. The summed E-state index contributed by atoms with van der Waals surface area (Å²) < 4.78 is 10.4. The van der Waals surface area contributed by atoms with Crippen molar-refractivity contribution >= 4 is 5.97 Å². The first-order valence-corrected chi connectivity index (χ1v) is 5.37. The van der Waals surface area contributed by atoms with Crippen molar-refractivity contribution in [3.8, 4) is 0 Å². The monoisotopic (exact) mass is 224 g/mol. The molecule has 0 unspecified atom stereocenters. The molecule has 1 aliphatic rings. The van der Waals surface area contributed by atoms with Crippen molar-refractivity contribution < 1.29 is 14.1 Å². The number of nitrogens with zero attached hydrogens (tertiary/aromatic N) is 2. The van der Waals surface area contributed by atoms with Gasteiger partial charge in [-0.15, -0.1) is 0 Å². The Kier molecular flexibility index (Phi) is 2.96. The molecule has 5 heteroatoms. The normalized spacial score (nSPS) is 25.9. The van der Waals surface area contributed by atoms with Crippen LogP contribution in [0.4, 0.5) is 0 Å². The zero-order valence-electron chi connectivity index (χ0n) is 9.77. The van der Waals surface area contributed by atoms with Gasteiger partial charge in [0, 0.05) is 26.0 Å². The van der Waals surface area contributed by atoms with Gasteiger partial charge in [0.05, 0.1) is 11.7 Å². The van der Waals surface area contributed by atoms with Gasteiger partial charge in [0.1, 0.15) is 6.10 Å². The molecule has 0 N–H and O–H groups in total. The minimum absolute atomic E-state index is 0.0436. The van der Waals surface area contributed by atoms with Crippen LogP contribution in [0.3, 0.4) is 0 Å². The largest absolute Gasteiger partial charge is 0.461 e. The second-order valence-corrected chi connectivity index (χ2v) is 4.29. The first-order valence-electron chi connectivity index (χ1n) is 5.37. The number of aryl methyl sites for hydroxylation is 1. The molecule has 2 atom stereocenters. The second-order valence-electron chi connectivity index (χ2n) is 4.29. The number of rotatable bonds is 2. The lowest BCUT2D eigenvalue weighted by Gasteiger charge is -2.14. The van der Waals surface area contributed by atoms with Crippen molar-refractivity contribution in [3.63, 3.8) is 0 Å². The summed E-state index contributed by atoms with van der Waals surface area (Å²) in [5, 5.41) is 3.87. The highest BCUT2D eigenvalue weighted by atomic mass is 16.5. The fourth-order valence-corrected chi connectivity index (χ4v) is 2.15. The number of likely N-dealkylation sites (N-methyl/N-ethyl adjacent to an activating group) is 1. The van der Waals surface area contributed by atoms with Gasteiger partial charge >= 0.3 is 5.97 Å². The summed E-state index contributed by atoms with van der Waals surface area (Å²) in [7, 11) is 1.99. The number of aromatic nitrogens is 1. The fourth-order valence-electron chi connectivity index (χ4n) is 2.15. The molecule has 0 radical (unpaired) electrons. The van der Waals surface area contributed by atoms with Crippen LogP contribution in [0, 0.1) is 6.92 Å². The lowest BCUT2D eigenvalue weighted by molar-refractivity contribution is -0.145. The highest BCUT2D eigenvalue weighted by Gasteiger charge is 2.34. The quantitative estimate of drug-likeness (QED) is 0.708. The van der Waals surface area contributed by atoms with E-state index in [-0.39, 0.29) is 18.1 Å². The van der Waals surface area contributed by atoms with Gasteiger partial charge in [-0.2, -0.15) is 0 Å². The predicted molar refractivity (Wildman–Crippen MR) is 56.8 cm³/mol. The Balaban J connectivity index is 2.05. The molecule has 88 valence electrons.